The van der Waals surface area contributed by atoms with Gasteiger partial charge in [-0.2, -0.15) is 26.3 Å². The van der Waals surface area contributed by atoms with Crippen molar-refractivity contribution in [1.82, 2.24) is 0 Å². The number of aliphatic hydroxyl groups is 1. The zero-order valence-electron chi connectivity index (χ0n) is 13.9. The van der Waals surface area contributed by atoms with Crippen LogP contribution in [-0.4, -0.2) is 24.4 Å². The lowest BCUT2D eigenvalue weighted by Gasteiger charge is -2.27. The Morgan fingerprint density at radius 3 is 2.04 bits per heavy atom. The Hall–Kier alpha value is -2.22. The predicted molar refractivity (Wildman–Crippen MR) is 86.1 cm³/mol. The molecular weight excluding hydrogens is 360 g/mol. The van der Waals surface area contributed by atoms with E-state index in [0.29, 0.717) is 17.3 Å². The molecule has 8 heteroatoms. The van der Waals surface area contributed by atoms with Gasteiger partial charge in [0.1, 0.15) is 0 Å². The van der Waals surface area contributed by atoms with Gasteiger partial charge in [0.05, 0.1) is 5.56 Å². The number of hydrogen-bond donors (Lipinski definition) is 2. The quantitative estimate of drug-likeness (QED) is 0.726. The molecule has 0 aliphatic rings. The Morgan fingerprint density at radius 2 is 1.54 bits per heavy atom. The van der Waals surface area contributed by atoms with Gasteiger partial charge in [-0.05, 0) is 35.7 Å². The van der Waals surface area contributed by atoms with Crippen molar-refractivity contribution in [2.24, 2.45) is 0 Å². The predicted octanol–water partition coefficient (Wildman–Crippen LogP) is 5.11. The van der Waals surface area contributed by atoms with E-state index in [9.17, 15) is 31.4 Å². The first-order chi connectivity index (χ1) is 11.9. The summed E-state index contributed by atoms with van der Waals surface area (Å²) in [7, 11) is 1.64. The van der Waals surface area contributed by atoms with E-state index in [-0.39, 0.29) is 11.1 Å². The van der Waals surface area contributed by atoms with E-state index in [1.807, 2.05) is 0 Å². The molecule has 0 saturated carbocycles. The maximum absolute atomic E-state index is 13.2. The first-order valence-corrected chi connectivity index (χ1v) is 7.65. The van der Waals surface area contributed by atoms with Crippen LogP contribution in [0.3, 0.4) is 0 Å². The van der Waals surface area contributed by atoms with Crippen LogP contribution in [0.25, 0.3) is 0 Å². The second-order valence-corrected chi connectivity index (χ2v) is 5.91. The third-order valence-corrected chi connectivity index (χ3v) is 4.10. The lowest BCUT2D eigenvalue weighted by molar-refractivity contribution is -0.207. The van der Waals surface area contributed by atoms with Crippen LogP contribution in [0.4, 0.5) is 32.0 Å². The molecule has 2 aromatic rings. The molecule has 2 nitrogen and oxygen atoms in total. The van der Waals surface area contributed by atoms with Gasteiger partial charge in [-0.25, -0.2) is 0 Å². The summed E-state index contributed by atoms with van der Waals surface area (Å²) in [4.78, 5) is 0. The Balaban J connectivity index is 2.61. The van der Waals surface area contributed by atoms with E-state index in [1.54, 1.807) is 14.0 Å². The van der Waals surface area contributed by atoms with Gasteiger partial charge in [0.15, 0.2) is 6.10 Å². The van der Waals surface area contributed by atoms with E-state index in [1.165, 1.54) is 18.2 Å². The van der Waals surface area contributed by atoms with Crippen LogP contribution in [0.15, 0.2) is 42.5 Å². The van der Waals surface area contributed by atoms with E-state index in [4.69, 9.17) is 0 Å². The number of hydrogen-bond acceptors (Lipinski definition) is 2. The number of halogens is 6. The lowest BCUT2D eigenvalue weighted by atomic mass is 9.84. The summed E-state index contributed by atoms with van der Waals surface area (Å²) in [6.07, 6.45) is -12.5. The second kappa shape index (κ2) is 7.19. The highest BCUT2D eigenvalue weighted by atomic mass is 19.4. The van der Waals surface area contributed by atoms with Gasteiger partial charge < -0.3 is 10.4 Å². The summed E-state index contributed by atoms with van der Waals surface area (Å²) in [5, 5.41) is 12.7. The number of benzene rings is 2. The van der Waals surface area contributed by atoms with Gasteiger partial charge in [-0.3, -0.25) is 0 Å². The summed E-state index contributed by atoms with van der Waals surface area (Å²) >= 11 is 0. The van der Waals surface area contributed by atoms with Crippen molar-refractivity contribution in [3.63, 3.8) is 0 Å². The van der Waals surface area contributed by atoms with Crippen molar-refractivity contribution in [3.05, 3.63) is 64.7 Å². The largest absolute Gasteiger partial charge is 0.416 e. The second-order valence-electron chi connectivity index (χ2n) is 5.91. The summed E-state index contributed by atoms with van der Waals surface area (Å²) < 4.78 is 78.3. The van der Waals surface area contributed by atoms with Crippen molar-refractivity contribution in [3.8, 4) is 0 Å². The molecule has 0 bridgehead atoms. The molecule has 0 aliphatic carbocycles. The van der Waals surface area contributed by atoms with Crippen molar-refractivity contribution >= 4 is 5.69 Å². The van der Waals surface area contributed by atoms with E-state index in [2.05, 4.69) is 5.32 Å². The molecule has 2 aromatic carbocycles. The Kier molecular flexibility index (Phi) is 5.55. The van der Waals surface area contributed by atoms with E-state index < -0.39 is 29.9 Å². The fourth-order valence-electron chi connectivity index (χ4n) is 2.82. The van der Waals surface area contributed by atoms with E-state index >= 15 is 0 Å². The fourth-order valence-corrected chi connectivity index (χ4v) is 2.82. The van der Waals surface area contributed by atoms with Gasteiger partial charge in [-0.15, -0.1) is 0 Å². The molecule has 2 atom stereocenters. The SMILES string of the molecule is CNc1ccc(C(c2cccc(C(F)(F)F)c2)C(O)C(F)(F)F)cc1C. The Bertz CT molecular complexity index is 769. The van der Waals surface area contributed by atoms with Crippen molar-refractivity contribution in [2.45, 2.75) is 31.3 Å². The highest BCUT2D eigenvalue weighted by molar-refractivity contribution is 5.53. The highest BCUT2D eigenvalue weighted by Crippen LogP contribution is 2.39. The zero-order valence-corrected chi connectivity index (χ0v) is 13.9. The number of nitrogens with one attached hydrogen (secondary N) is 1. The normalized spacial score (nSPS) is 14.8. The maximum atomic E-state index is 13.2. The summed E-state index contributed by atoms with van der Waals surface area (Å²) in [5.74, 6) is -1.68. The van der Waals surface area contributed by atoms with Crippen molar-refractivity contribution in [2.75, 3.05) is 12.4 Å². The molecular formula is C18H17F6NO. The van der Waals surface area contributed by atoms with Crippen molar-refractivity contribution < 1.29 is 31.4 Å². The van der Waals surface area contributed by atoms with Crippen LogP contribution in [0.1, 0.15) is 28.2 Å². The monoisotopic (exact) mass is 377 g/mol. The van der Waals surface area contributed by atoms with E-state index in [0.717, 1.165) is 18.2 Å². The average Bonchev–Trinajstić information content (AvgIpc) is 2.54. The Morgan fingerprint density at radius 1 is 0.923 bits per heavy atom. The molecule has 0 aromatic heterocycles. The third-order valence-electron chi connectivity index (χ3n) is 4.10. The number of rotatable bonds is 4. The number of aryl methyl sites for hydroxylation is 1. The molecule has 0 fully saturated rings. The molecule has 0 amide bonds. The van der Waals surface area contributed by atoms with Gasteiger partial charge in [0.2, 0.25) is 0 Å². The Labute approximate surface area is 146 Å². The standard InChI is InChI=1S/C18H17F6NO/c1-10-8-12(6-7-14(10)25-2)15(16(26)18(22,23)24)11-4-3-5-13(9-11)17(19,20)21/h3-9,15-16,25-26H,1-2H3. The van der Waals surface area contributed by atoms with Gasteiger partial charge in [0.25, 0.3) is 0 Å². The smallest absolute Gasteiger partial charge is 0.388 e. The third kappa shape index (κ3) is 4.30. The first kappa shape index (κ1) is 20.1. The zero-order chi connectivity index (χ0) is 19.7. The van der Waals surface area contributed by atoms with Crippen LogP contribution in [0.2, 0.25) is 0 Å². The summed E-state index contributed by atoms with van der Waals surface area (Å²) in [6, 6.07) is 7.90. The molecule has 0 saturated heterocycles. The minimum absolute atomic E-state index is 0.0747. The number of aliphatic hydroxyl groups excluding tert-OH is 1. The van der Waals surface area contributed by atoms with Gasteiger partial charge in [0, 0.05) is 18.7 Å². The molecule has 142 valence electrons. The number of alkyl halides is 6. The molecule has 2 rings (SSSR count). The van der Waals surface area contributed by atoms with Crippen LogP contribution in [0.5, 0.6) is 0 Å². The minimum atomic E-state index is -4.99. The average molecular weight is 377 g/mol. The molecule has 26 heavy (non-hydrogen) atoms. The topological polar surface area (TPSA) is 32.3 Å². The molecule has 0 heterocycles. The molecule has 0 radical (unpaired) electrons. The highest BCUT2D eigenvalue weighted by Gasteiger charge is 2.45. The summed E-state index contributed by atoms with van der Waals surface area (Å²) in [5.41, 5.74) is 0.0132. The lowest BCUT2D eigenvalue weighted by Crippen LogP contribution is -2.35. The van der Waals surface area contributed by atoms with Gasteiger partial charge >= 0.3 is 12.4 Å². The van der Waals surface area contributed by atoms with Crippen LogP contribution >= 0.6 is 0 Å². The fraction of sp³-hybridized carbons (Fsp3) is 0.333. The summed E-state index contributed by atoms with van der Waals surface area (Å²) in [6.45, 7) is 1.65. The van der Waals surface area contributed by atoms with Gasteiger partial charge in [-0.1, -0.05) is 30.3 Å². The van der Waals surface area contributed by atoms with Crippen LogP contribution in [-0.2, 0) is 6.18 Å². The van der Waals surface area contributed by atoms with Crippen LogP contribution in [0, 0.1) is 6.92 Å². The maximum Gasteiger partial charge on any atom is 0.416 e. The van der Waals surface area contributed by atoms with Crippen LogP contribution < -0.4 is 5.32 Å². The molecule has 0 spiro atoms. The van der Waals surface area contributed by atoms with Crippen molar-refractivity contribution in [1.29, 1.82) is 0 Å². The first-order valence-electron chi connectivity index (χ1n) is 7.65. The minimum Gasteiger partial charge on any atom is -0.388 e. The number of anilines is 1. The molecule has 2 N–H and O–H groups in total. The molecule has 0 aliphatic heterocycles. The molecule has 2 unspecified atom stereocenters.